The number of hydrogen-bond donors (Lipinski definition) is 2. The SMILES string of the molecule is CCOc1ccc(C)cc1C(C)NC(=O)N/C=C/c1ccccc1. The number of carbonyl (C=O) groups is 1. The van der Waals surface area contributed by atoms with Gasteiger partial charge in [-0.1, -0.05) is 48.0 Å². The summed E-state index contributed by atoms with van der Waals surface area (Å²) in [6.07, 6.45) is 3.49. The number of nitrogens with one attached hydrogen (secondary N) is 2. The van der Waals surface area contributed by atoms with Crippen molar-refractivity contribution >= 4 is 12.1 Å². The van der Waals surface area contributed by atoms with Crippen LogP contribution in [-0.4, -0.2) is 12.6 Å². The number of aryl methyl sites for hydroxylation is 1. The molecular weight excluding hydrogens is 300 g/mol. The maximum Gasteiger partial charge on any atom is 0.319 e. The van der Waals surface area contributed by atoms with Gasteiger partial charge in [0.25, 0.3) is 0 Å². The van der Waals surface area contributed by atoms with Crippen molar-refractivity contribution in [3.8, 4) is 5.75 Å². The Morgan fingerprint density at radius 2 is 1.96 bits per heavy atom. The van der Waals surface area contributed by atoms with E-state index in [9.17, 15) is 4.79 Å². The third kappa shape index (κ3) is 5.16. The maximum absolute atomic E-state index is 12.1. The second kappa shape index (κ2) is 8.77. The van der Waals surface area contributed by atoms with Gasteiger partial charge in [-0.2, -0.15) is 0 Å². The minimum Gasteiger partial charge on any atom is -0.494 e. The van der Waals surface area contributed by atoms with E-state index in [1.54, 1.807) is 6.20 Å². The first-order chi connectivity index (χ1) is 11.6. The number of ether oxygens (including phenoxy) is 1. The van der Waals surface area contributed by atoms with Gasteiger partial charge in [-0.15, -0.1) is 0 Å². The first-order valence-electron chi connectivity index (χ1n) is 8.12. The Morgan fingerprint density at radius 3 is 2.67 bits per heavy atom. The molecule has 126 valence electrons. The Kier molecular flexibility index (Phi) is 6.43. The molecule has 0 aromatic heterocycles. The van der Waals surface area contributed by atoms with E-state index in [0.29, 0.717) is 6.61 Å². The average Bonchev–Trinajstić information content (AvgIpc) is 2.57. The van der Waals surface area contributed by atoms with Gasteiger partial charge < -0.3 is 15.4 Å². The predicted octanol–water partition coefficient (Wildman–Crippen LogP) is 4.42. The van der Waals surface area contributed by atoms with Gasteiger partial charge in [0.05, 0.1) is 12.6 Å². The van der Waals surface area contributed by atoms with Crippen molar-refractivity contribution in [2.45, 2.75) is 26.8 Å². The third-order valence-corrected chi connectivity index (χ3v) is 3.57. The summed E-state index contributed by atoms with van der Waals surface area (Å²) in [5, 5.41) is 5.65. The number of rotatable bonds is 6. The van der Waals surface area contributed by atoms with Crippen molar-refractivity contribution < 1.29 is 9.53 Å². The van der Waals surface area contributed by atoms with Crippen molar-refractivity contribution in [3.05, 3.63) is 71.4 Å². The lowest BCUT2D eigenvalue weighted by atomic mass is 10.0. The van der Waals surface area contributed by atoms with Crippen LogP contribution in [0.1, 0.15) is 36.6 Å². The van der Waals surface area contributed by atoms with E-state index >= 15 is 0 Å². The second-order valence-electron chi connectivity index (χ2n) is 5.56. The van der Waals surface area contributed by atoms with Gasteiger partial charge in [0, 0.05) is 11.8 Å². The van der Waals surface area contributed by atoms with Crippen molar-refractivity contribution in [2.75, 3.05) is 6.61 Å². The van der Waals surface area contributed by atoms with E-state index in [1.807, 2.05) is 75.4 Å². The monoisotopic (exact) mass is 324 g/mol. The molecule has 2 amide bonds. The highest BCUT2D eigenvalue weighted by Gasteiger charge is 2.14. The van der Waals surface area contributed by atoms with E-state index in [1.165, 1.54) is 0 Å². The van der Waals surface area contributed by atoms with Crippen LogP contribution in [0.15, 0.2) is 54.7 Å². The molecule has 0 aliphatic rings. The maximum atomic E-state index is 12.1. The Morgan fingerprint density at radius 1 is 1.21 bits per heavy atom. The van der Waals surface area contributed by atoms with Gasteiger partial charge in [0.2, 0.25) is 0 Å². The average molecular weight is 324 g/mol. The minimum atomic E-state index is -0.251. The van der Waals surface area contributed by atoms with Gasteiger partial charge in [-0.25, -0.2) is 4.79 Å². The molecule has 2 N–H and O–H groups in total. The summed E-state index contributed by atoms with van der Waals surface area (Å²) in [5.74, 6) is 0.802. The van der Waals surface area contributed by atoms with Crippen LogP contribution in [0, 0.1) is 6.92 Å². The van der Waals surface area contributed by atoms with Crippen LogP contribution in [0.2, 0.25) is 0 Å². The van der Waals surface area contributed by atoms with Gasteiger partial charge in [0.15, 0.2) is 0 Å². The molecule has 0 saturated carbocycles. The highest BCUT2D eigenvalue weighted by atomic mass is 16.5. The standard InChI is InChI=1S/C20H24N2O2/c1-4-24-19-11-10-15(2)14-18(19)16(3)22-20(23)21-13-12-17-8-6-5-7-9-17/h5-14,16H,4H2,1-3H3,(H2,21,22,23)/b13-12+. The highest BCUT2D eigenvalue weighted by molar-refractivity contribution is 5.76. The van der Waals surface area contributed by atoms with Crippen LogP contribution >= 0.6 is 0 Å². The normalized spacial score (nSPS) is 12.0. The lowest BCUT2D eigenvalue weighted by Gasteiger charge is -2.18. The first kappa shape index (κ1) is 17.6. The van der Waals surface area contributed by atoms with E-state index in [4.69, 9.17) is 4.74 Å². The summed E-state index contributed by atoms with van der Waals surface area (Å²) in [5.41, 5.74) is 3.13. The topological polar surface area (TPSA) is 50.4 Å². The van der Waals surface area contributed by atoms with E-state index in [0.717, 1.165) is 22.4 Å². The molecule has 2 rings (SSSR count). The Hall–Kier alpha value is -2.75. The first-order valence-corrected chi connectivity index (χ1v) is 8.12. The molecular formula is C20H24N2O2. The molecule has 0 radical (unpaired) electrons. The smallest absolute Gasteiger partial charge is 0.319 e. The fourth-order valence-corrected chi connectivity index (χ4v) is 2.39. The quantitative estimate of drug-likeness (QED) is 0.826. The van der Waals surface area contributed by atoms with Gasteiger partial charge in [-0.3, -0.25) is 0 Å². The lowest BCUT2D eigenvalue weighted by molar-refractivity contribution is 0.241. The van der Waals surface area contributed by atoms with E-state index in [2.05, 4.69) is 10.6 Å². The molecule has 4 heteroatoms. The molecule has 2 aromatic rings. The molecule has 24 heavy (non-hydrogen) atoms. The molecule has 0 fully saturated rings. The zero-order valence-corrected chi connectivity index (χ0v) is 14.4. The zero-order chi connectivity index (χ0) is 17.4. The summed E-state index contributed by atoms with van der Waals surface area (Å²) in [6.45, 7) is 6.50. The third-order valence-electron chi connectivity index (χ3n) is 3.57. The van der Waals surface area contributed by atoms with Crippen LogP contribution < -0.4 is 15.4 Å². The summed E-state index contributed by atoms with van der Waals surface area (Å²) >= 11 is 0. The molecule has 0 aliphatic carbocycles. The van der Waals surface area contributed by atoms with Crippen LogP contribution in [0.4, 0.5) is 4.79 Å². The lowest BCUT2D eigenvalue weighted by Crippen LogP contribution is -2.34. The number of hydrogen-bond acceptors (Lipinski definition) is 2. The van der Waals surface area contributed by atoms with Crippen LogP contribution in [-0.2, 0) is 0 Å². The van der Waals surface area contributed by atoms with Crippen molar-refractivity contribution in [1.29, 1.82) is 0 Å². The fourth-order valence-electron chi connectivity index (χ4n) is 2.39. The fraction of sp³-hybridized carbons (Fsp3) is 0.250. The second-order valence-corrected chi connectivity index (χ2v) is 5.56. The highest BCUT2D eigenvalue weighted by Crippen LogP contribution is 2.26. The molecule has 0 spiro atoms. The molecule has 0 heterocycles. The molecule has 4 nitrogen and oxygen atoms in total. The molecule has 1 unspecified atom stereocenters. The van der Waals surface area contributed by atoms with Crippen molar-refractivity contribution in [2.24, 2.45) is 0 Å². The molecule has 0 bridgehead atoms. The van der Waals surface area contributed by atoms with Crippen molar-refractivity contribution in [3.63, 3.8) is 0 Å². The molecule has 1 atom stereocenters. The number of carbonyl (C=O) groups excluding carboxylic acids is 1. The Labute approximate surface area is 143 Å². The van der Waals surface area contributed by atoms with E-state index in [-0.39, 0.29) is 12.1 Å². The van der Waals surface area contributed by atoms with Gasteiger partial charge in [-0.05, 0) is 38.5 Å². The predicted molar refractivity (Wildman–Crippen MR) is 97.9 cm³/mol. The largest absolute Gasteiger partial charge is 0.494 e. The minimum absolute atomic E-state index is 0.156. The summed E-state index contributed by atoms with van der Waals surface area (Å²) in [4.78, 5) is 12.1. The summed E-state index contributed by atoms with van der Waals surface area (Å²) in [6, 6.07) is 15.4. The summed E-state index contributed by atoms with van der Waals surface area (Å²) in [7, 11) is 0. The Balaban J connectivity index is 1.96. The molecule has 2 aromatic carbocycles. The van der Waals surface area contributed by atoms with Crippen LogP contribution in [0.5, 0.6) is 5.75 Å². The number of benzene rings is 2. The Bertz CT molecular complexity index is 696. The van der Waals surface area contributed by atoms with Crippen LogP contribution in [0.3, 0.4) is 0 Å². The van der Waals surface area contributed by atoms with Crippen LogP contribution in [0.25, 0.3) is 6.08 Å². The van der Waals surface area contributed by atoms with Gasteiger partial charge >= 0.3 is 6.03 Å². The number of amides is 2. The van der Waals surface area contributed by atoms with Crippen molar-refractivity contribution in [1.82, 2.24) is 10.6 Å². The molecule has 0 aliphatic heterocycles. The molecule has 0 saturated heterocycles. The van der Waals surface area contributed by atoms with Gasteiger partial charge in [0.1, 0.15) is 5.75 Å². The number of urea groups is 1. The summed E-state index contributed by atoms with van der Waals surface area (Å²) < 4.78 is 5.65. The van der Waals surface area contributed by atoms with E-state index < -0.39 is 0 Å². The zero-order valence-electron chi connectivity index (χ0n) is 14.4.